The standard InChI is InChI=1S/C18H21N5O2/c1-10-5-4-6-12-7-14(17(24)20-15(10)12)16-21-18(25-22-16)11(2)13-8-19-23(3)9-13/h7-11H,4-6H2,1-3H3,(H,20,24). The number of nitrogens with zero attached hydrogens (tertiary/aromatic N) is 4. The van der Waals surface area contributed by atoms with Gasteiger partial charge in [0.1, 0.15) is 0 Å². The second-order valence-corrected chi connectivity index (χ2v) is 6.87. The van der Waals surface area contributed by atoms with Gasteiger partial charge in [0.2, 0.25) is 11.7 Å². The monoisotopic (exact) mass is 339 g/mol. The zero-order valence-corrected chi connectivity index (χ0v) is 14.6. The molecule has 3 heterocycles. The molecule has 0 saturated heterocycles. The Bertz CT molecular complexity index is 968. The molecule has 7 nitrogen and oxygen atoms in total. The van der Waals surface area contributed by atoms with Crippen molar-refractivity contribution in [2.45, 2.75) is 44.9 Å². The van der Waals surface area contributed by atoms with E-state index < -0.39 is 0 Å². The van der Waals surface area contributed by atoms with Crippen LogP contribution in [0.5, 0.6) is 0 Å². The molecule has 3 aromatic heterocycles. The lowest BCUT2D eigenvalue weighted by Gasteiger charge is -2.21. The van der Waals surface area contributed by atoms with Gasteiger partial charge >= 0.3 is 0 Å². The smallest absolute Gasteiger partial charge is 0.259 e. The molecule has 1 aliphatic carbocycles. The maximum absolute atomic E-state index is 12.5. The summed E-state index contributed by atoms with van der Waals surface area (Å²) in [6, 6.07) is 1.92. The van der Waals surface area contributed by atoms with Crippen LogP contribution in [0.25, 0.3) is 11.4 Å². The number of rotatable bonds is 3. The number of aryl methyl sites for hydroxylation is 2. The number of fused-ring (bicyclic) bond motifs is 1. The maximum atomic E-state index is 12.5. The summed E-state index contributed by atoms with van der Waals surface area (Å²) in [4.78, 5) is 20.0. The Morgan fingerprint density at radius 3 is 3.04 bits per heavy atom. The SMILES string of the molecule is CC1CCCc2cc(-c3noc(C(C)c4cnn(C)c4)n3)c(=O)[nH]c21. The largest absolute Gasteiger partial charge is 0.338 e. The fourth-order valence-corrected chi connectivity index (χ4v) is 3.47. The van der Waals surface area contributed by atoms with Gasteiger partial charge < -0.3 is 9.51 Å². The number of pyridine rings is 1. The van der Waals surface area contributed by atoms with Crippen molar-refractivity contribution in [1.82, 2.24) is 24.9 Å². The number of hydrogen-bond acceptors (Lipinski definition) is 5. The highest BCUT2D eigenvalue weighted by atomic mass is 16.5. The Morgan fingerprint density at radius 1 is 1.44 bits per heavy atom. The van der Waals surface area contributed by atoms with Gasteiger partial charge in [-0.15, -0.1) is 0 Å². The Kier molecular flexibility index (Phi) is 3.78. The van der Waals surface area contributed by atoms with Crippen LogP contribution in [0.2, 0.25) is 0 Å². The molecule has 7 heteroatoms. The molecule has 0 spiro atoms. The third-order valence-electron chi connectivity index (χ3n) is 5.01. The molecule has 2 atom stereocenters. The van der Waals surface area contributed by atoms with E-state index >= 15 is 0 Å². The number of aromatic amines is 1. The zero-order chi connectivity index (χ0) is 17.6. The molecule has 2 unspecified atom stereocenters. The van der Waals surface area contributed by atoms with Gasteiger partial charge in [0, 0.05) is 24.5 Å². The lowest BCUT2D eigenvalue weighted by molar-refractivity contribution is 0.371. The van der Waals surface area contributed by atoms with Crippen molar-refractivity contribution in [2.75, 3.05) is 0 Å². The van der Waals surface area contributed by atoms with Crippen molar-refractivity contribution < 1.29 is 4.52 Å². The van der Waals surface area contributed by atoms with Crippen molar-refractivity contribution in [3.8, 4) is 11.4 Å². The van der Waals surface area contributed by atoms with Crippen molar-refractivity contribution in [1.29, 1.82) is 0 Å². The van der Waals surface area contributed by atoms with Crippen LogP contribution in [-0.4, -0.2) is 24.9 Å². The van der Waals surface area contributed by atoms with Crippen LogP contribution in [-0.2, 0) is 13.5 Å². The minimum atomic E-state index is -0.158. The van der Waals surface area contributed by atoms with E-state index in [9.17, 15) is 4.79 Å². The molecule has 4 rings (SSSR count). The Labute approximate surface area is 145 Å². The molecule has 0 aliphatic heterocycles. The van der Waals surface area contributed by atoms with Gasteiger partial charge in [-0.05, 0) is 43.7 Å². The molecule has 1 N–H and O–H groups in total. The predicted octanol–water partition coefficient (Wildman–Crippen LogP) is 2.75. The Morgan fingerprint density at radius 2 is 2.28 bits per heavy atom. The highest BCUT2D eigenvalue weighted by Gasteiger charge is 2.23. The molecule has 0 saturated carbocycles. The van der Waals surface area contributed by atoms with Gasteiger partial charge in [-0.1, -0.05) is 12.1 Å². The van der Waals surface area contributed by atoms with Gasteiger partial charge in [0.05, 0.1) is 17.7 Å². The summed E-state index contributed by atoms with van der Waals surface area (Å²) >= 11 is 0. The molecule has 0 fully saturated rings. The van der Waals surface area contributed by atoms with E-state index in [1.165, 1.54) is 5.56 Å². The van der Waals surface area contributed by atoms with Crippen LogP contribution in [0.3, 0.4) is 0 Å². The second kappa shape index (κ2) is 5.98. The van der Waals surface area contributed by atoms with Gasteiger partial charge in [0.15, 0.2) is 0 Å². The summed E-state index contributed by atoms with van der Waals surface area (Å²) in [7, 11) is 1.86. The van der Waals surface area contributed by atoms with Crippen LogP contribution < -0.4 is 5.56 Å². The first-order chi connectivity index (χ1) is 12.0. The number of nitrogens with one attached hydrogen (secondary N) is 1. The van der Waals surface area contributed by atoms with Crippen molar-refractivity contribution in [3.05, 3.63) is 51.5 Å². The van der Waals surface area contributed by atoms with Crippen molar-refractivity contribution in [2.24, 2.45) is 7.05 Å². The second-order valence-electron chi connectivity index (χ2n) is 6.87. The molecule has 0 bridgehead atoms. The van der Waals surface area contributed by atoms with E-state index in [1.54, 1.807) is 10.9 Å². The molecular weight excluding hydrogens is 318 g/mol. The van der Waals surface area contributed by atoms with Crippen molar-refractivity contribution in [3.63, 3.8) is 0 Å². The molecule has 130 valence electrons. The number of H-pyrrole nitrogens is 1. The van der Waals surface area contributed by atoms with E-state index in [2.05, 4.69) is 27.1 Å². The first-order valence-corrected chi connectivity index (χ1v) is 8.61. The maximum Gasteiger partial charge on any atom is 0.259 e. The molecule has 0 radical (unpaired) electrons. The summed E-state index contributed by atoms with van der Waals surface area (Å²) in [6.07, 6.45) is 6.91. The summed E-state index contributed by atoms with van der Waals surface area (Å²) in [5.74, 6) is 1.13. The summed E-state index contributed by atoms with van der Waals surface area (Å²) in [5.41, 5.74) is 3.54. The molecular formula is C18H21N5O2. The van der Waals surface area contributed by atoms with Crippen LogP contribution in [0.1, 0.15) is 61.2 Å². The van der Waals surface area contributed by atoms with E-state index in [-0.39, 0.29) is 11.5 Å². The third kappa shape index (κ3) is 2.79. The van der Waals surface area contributed by atoms with Crippen LogP contribution >= 0.6 is 0 Å². The number of hydrogen-bond donors (Lipinski definition) is 1. The minimum Gasteiger partial charge on any atom is -0.338 e. The highest BCUT2D eigenvalue weighted by Crippen LogP contribution is 2.30. The van der Waals surface area contributed by atoms with E-state index in [1.807, 2.05) is 26.2 Å². The van der Waals surface area contributed by atoms with E-state index in [0.29, 0.717) is 23.2 Å². The molecule has 3 aromatic rings. The molecule has 0 amide bonds. The van der Waals surface area contributed by atoms with Gasteiger partial charge in [-0.3, -0.25) is 9.48 Å². The highest BCUT2D eigenvalue weighted by molar-refractivity contribution is 5.55. The fourth-order valence-electron chi connectivity index (χ4n) is 3.47. The number of aromatic nitrogens is 5. The average Bonchev–Trinajstić information content (AvgIpc) is 3.24. The molecule has 1 aliphatic rings. The Hall–Kier alpha value is -2.70. The average molecular weight is 339 g/mol. The minimum absolute atomic E-state index is 0.0771. The quantitative estimate of drug-likeness (QED) is 0.792. The normalized spacial score (nSPS) is 18.1. The van der Waals surface area contributed by atoms with E-state index in [0.717, 1.165) is 30.5 Å². The van der Waals surface area contributed by atoms with Crippen LogP contribution in [0, 0.1) is 0 Å². The third-order valence-corrected chi connectivity index (χ3v) is 5.01. The molecule has 25 heavy (non-hydrogen) atoms. The van der Waals surface area contributed by atoms with Gasteiger partial charge in [0.25, 0.3) is 5.56 Å². The first kappa shape index (κ1) is 15.8. The first-order valence-electron chi connectivity index (χ1n) is 8.61. The van der Waals surface area contributed by atoms with Crippen LogP contribution in [0.4, 0.5) is 0 Å². The zero-order valence-electron chi connectivity index (χ0n) is 14.6. The van der Waals surface area contributed by atoms with Crippen molar-refractivity contribution >= 4 is 0 Å². The topological polar surface area (TPSA) is 89.6 Å². The fraction of sp³-hybridized carbons (Fsp3) is 0.444. The van der Waals surface area contributed by atoms with Gasteiger partial charge in [-0.25, -0.2) is 0 Å². The molecule has 0 aromatic carbocycles. The van der Waals surface area contributed by atoms with Gasteiger partial charge in [-0.2, -0.15) is 10.1 Å². The summed E-state index contributed by atoms with van der Waals surface area (Å²) in [5, 5.41) is 8.20. The summed E-state index contributed by atoms with van der Waals surface area (Å²) in [6.45, 7) is 4.13. The lowest BCUT2D eigenvalue weighted by Crippen LogP contribution is -2.19. The predicted molar refractivity (Wildman–Crippen MR) is 92.4 cm³/mol. The van der Waals surface area contributed by atoms with E-state index in [4.69, 9.17) is 4.52 Å². The lowest BCUT2D eigenvalue weighted by atomic mass is 9.87. The van der Waals surface area contributed by atoms with Crippen LogP contribution in [0.15, 0.2) is 27.8 Å². The summed E-state index contributed by atoms with van der Waals surface area (Å²) < 4.78 is 7.15. The Balaban J connectivity index is 1.69.